The second kappa shape index (κ2) is 1.82. The SMILES string of the molecule is CC(=N)c1ccc[nH]1. The molecule has 0 radical (unpaired) electrons. The number of hydrogen-bond acceptors (Lipinski definition) is 1. The lowest BCUT2D eigenvalue weighted by molar-refractivity contribution is 1.33. The van der Waals surface area contributed by atoms with Crippen molar-refractivity contribution in [3.8, 4) is 0 Å². The first kappa shape index (κ1) is 5.09. The molecule has 2 nitrogen and oxygen atoms in total. The molecule has 8 heavy (non-hydrogen) atoms. The molecule has 1 rings (SSSR count). The summed E-state index contributed by atoms with van der Waals surface area (Å²) in [6.07, 6.45) is 1.81. The summed E-state index contributed by atoms with van der Waals surface area (Å²) in [4.78, 5) is 2.91. The molecule has 0 unspecified atom stereocenters. The molecule has 1 aromatic heterocycles. The largest absolute Gasteiger partial charge is 0.360 e. The predicted molar refractivity (Wildman–Crippen MR) is 33.3 cm³/mol. The van der Waals surface area contributed by atoms with Gasteiger partial charge in [0, 0.05) is 6.20 Å². The average Bonchev–Trinajstić information content (AvgIpc) is 2.12. The van der Waals surface area contributed by atoms with E-state index in [0.29, 0.717) is 5.71 Å². The van der Waals surface area contributed by atoms with E-state index in [-0.39, 0.29) is 0 Å². The van der Waals surface area contributed by atoms with E-state index in [1.807, 2.05) is 18.3 Å². The third-order valence-corrected chi connectivity index (χ3v) is 1.00. The number of rotatable bonds is 1. The molecule has 0 aliphatic heterocycles. The van der Waals surface area contributed by atoms with Crippen LogP contribution in [0.25, 0.3) is 0 Å². The molecule has 0 saturated carbocycles. The number of H-pyrrole nitrogens is 1. The Morgan fingerprint density at radius 2 is 2.50 bits per heavy atom. The van der Waals surface area contributed by atoms with Gasteiger partial charge in [-0.25, -0.2) is 0 Å². The van der Waals surface area contributed by atoms with Crippen LogP contribution < -0.4 is 0 Å². The van der Waals surface area contributed by atoms with Crippen LogP contribution in [0, 0.1) is 5.41 Å². The fourth-order valence-electron chi connectivity index (χ4n) is 0.564. The van der Waals surface area contributed by atoms with Gasteiger partial charge in [-0.3, -0.25) is 0 Å². The fraction of sp³-hybridized carbons (Fsp3) is 0.167. The Kier molecular flexibility index (Phi) is 1.16. The van der Waals surface area contributed by atoms with E-state index in [1.165, 1.54) is 0 Å². The van der Waals surface area contributed by atoms with Crippen LogP contribution in [-0.4, -0.2) is 10.7 Å². The lowest BCUT2D eigenvalue weighted by Gasteiger charge is -1.86. The minimum absolute atomic E-state index is 0.579. The molecule has 0 fully saturated rings. The van der Waals surface area contributed by atoms with Crippen molar-refractivity contribution in [3.05, 3.63) is 24.0 Å². The van der Waals surface area contributed by atoms with E-state index in [9.17, 15) is 0 Å². The highest BCUT2D eigenvalue weighted by atomic mass is 14.7. The van der Waals surface area contributed by atoms with E-state index in [1.54, 1.807) is 6.92 Å². The highest BCUT2D eigenvalue weighted by molar-refractivity contribution is 5.94. The lowest BCUT2D eigenvalue weighted by atomic mass is 10.3. The van der Waals surface area contributed by atoms with Crippen LogP contribution in [0.2, 0.25) is 0 Å². The molecule has 42 valence electrons. The van der Waals surface area contributed by atoms with Crippen LogP contribution in [0.3, 0.4) is 0 Å². The average molecular weight is 108 g/mol. The van der Waals surface area contributed by atoms with Crippen molar-refractivity contribution in [2.75, 3.05) is 0 Å². The monoisotopic (exact) mass is 108 g/mol. The van der Waals surface area contributed by atoms with Gasteiger partial charge < -0.3 is 10.4 Å². The van der Waals surface area contributed by atoms with Crippen LogP contribution in [0.4, 0.5) is 0 Å². The minimum atomic E-state index is 0.579. The maximum absolute atomic E-state index is 7.12. The first-order chi connectivity index (χ1) is 3.80. The van der Waals surface area contributed by atoms with Gasteiger partial charge in [-0.15, -0.1) is 0 Å². The van der Waals surface area contributed by atoms with Crippen molar-refractivity contribution in [1.82, 2.24) is 4.98 Å². The molecule has 2 N–H and O–H groups in total. The zero-order chi connectivity index (χ0) is 5.98. The molecule has 0 aromatic carbocycles. The summed E-state index contributed by atoms with van der Waals surface area (Å²) >= 11 is 0. The Labute approximate surface area is 48.1 Å². The van der Waals surface area contributed by atoms with Gasteiger partial charge in [0.2, 0.25) is 0 Å². The molecule has 0 aliphatic carbocycles. The maximum atomic E-state index is 7.12. The lowest BCUT2D eigenvalue weighted by Crippen LogP contribution is -1.89. The van der Waals surface area contributed by atoms with Gasteiger partial charge in [-0.05, 0) is 19.1 Å². The zero-order valence-corrected chi connectivity index (χ0v) is 4.73. The molecule has 0 atom stereocenters. The molecule has 0 aliphatic rings. The zero-order valence-electron chi connectivity index (χ0n) is 4.73. The summed E-state index contributed by atoms with van der Waals surface area (Å²) in [7, 11) is 0. The van der Waals surface area contributed by atoms with Crippen molar-refractivity contribution in [1.29, 1.82) is 5.41 Å². The van der Waals surface area contributed by atoms with E-state index < -0.39 is 0 Å². The van der Waals surface area contributed by atoms with Crippen molar-refractivity contribution >= 4 is 5.71 Å². The molecule has 0 bridgehead atoms. The van der Waals surface area contributed by atoms with E-state index in [4.69, 9.17) is 5.41 Å². The Balaban J connectivity index is 2.93. The highest BCUT2D eigenvalue weighted by Gasteiger charge is 1.89. The molecule has 2 heteroatoms. The van der Waals surface area contributed by atoms with Gasteiger partial charge in [0.25, 0.3) is 0 Å². The number of hydrogen-bond donors (Lipinski definition) is 2. The Bertz CT molecular complexity index is 174. The van der Waals surface area contributed by atoms with Gasteiger partial charge in [0.05, 0.1) is 11.4 Å². The van der Waals surface area contributed by atoms with Gasteiger partial charge >= 0.3 is 0 Å². The molecule has 1 aromatic rings. The smallest absolute Gasteiger partial charge is 0.0588 e. The summed E-state index contributed by atoms with van der Waals surface area (Å²) in [6.45, 7) is 1.76. The van der Waals surface area contributed by atoms with Gasteiger partial charge in [-0.1, -0.05) is 0 Å². The summed E-state index contributed by atoms with van der Waals surface area (Å²) in [5.41, 5.74) is 1.47. The maximum Gasteiger partial charge on any atom is 0.0588 e. The second-order valence-corrected chi connectivity index (χ2v) is 1.71. The Hall–Kier alpha value is -1.05. The first-order valence-electron chi connectivity index (χ1n) is 2.49. The van der Waals surface area contributed by atoms with E-state index >= 15 is 0 Å². The van der Waals surface area contributed by atoms with Crippen molar-refractivity contribution in [3.63, 3.8) is 0 Å². The van der Waals surface area contributed by atoms with Crippen LogP contribution in [0.1, 0.15) is 12.6 Å². The Morgan fingerprint density at radius 3 is 2.75 bits per heavy atom. The molecule has 0 spiro atoms. The number of nitrogens with one attached hydrogen (secondary N) is 2. The van der Waals surface area contributed by atoms with Crippen molar-refractivity contribution in [2.24, 2.45) is 0 Å². The first-order valence-corrected chi connectivity index (χ1v) is 2.49. The van der Waals surface area contributed by atoms with Crippen molar-refractivity contribution in [2.45, 2.75) is 6.92 Å². The fourth-order valence-corrected chi connectivity index (χ4v) is 0.564. The van der Waals surface area contributed by atoms with Gasteiger partial charge in [0.1, 0.15) is 0 Å². The Morgan fingerprint density at radius 1 is 1.75 bits per heavy atom. The standard InChI is InChI=1S/C6H8N2/c1-5(7)6-3-2-4-8-6/h2-4,7-8H,1H3. The van der Waals surface area contributed by atoms with Crippen LogP contribution in [0.15, 0.2) is 18.3 Å². The topological polar surface area (TPSA) is 39.6 Å². The second-order valence-electron chi connectivity index (χ2n) is 1.71. The summed E-state index contributed by atoms with van der Waals surface area (Å²) in [6, 6.07) is 3.76. The quantitative estimate of drug-likeness (QED) is 0.510. The van der Waals surface area contributed by atoms with E-state index in [2.05, 4.69) is 4.98 Å². The molecular formula is C6H8N2. The number of aromatic amines is 1. The van der Waals surface area contributed by atoms with Gasteiger partial charge in [0.15, 0.2) is 0 Å². The van der Waals surface area contributed by atoms with Crippen LogP contribution >= 0.6 is 0 Å². The predicted octanol–water partition coefficient (Wildman–Crippen LogP) is 1.40. The normalized spacial score (nSPS) is 9.12. The van der Waals surface area contributed by atoms with Crippen LogP contribution in [0.5, 0.6) is 0 Å². The summed E-state index contributed by atoms with van der Waals surface area (Å²) in [5.74, 6) is 0. The van der Waals surface area contributed by atoms with E-state index in [0.717, 1.165) is 5.69 Å². The minimum Gasteiger partial charge on any atom is -0.360 e. The molecule has 0 saturated heterocycles. The highest BCUT2D eigenvalue weighted by Crippen LogP contribution is 1.93. The molecule has 0 amide bonds. The van der Waals surface area contributed by atoms with Crippen LogP contribution in [-0.2, 0) is 0 Å². The third kappa shape index (κ3) is 0.780. The third-order valence-electron chi connectivity index (χ3n) is 1.00. The number of aromatic nitrogens is 1. The summed E-state index contributed by atoms with van der Waals surface area (Å²) < 4.78 is 0. The molecule has 1 heterocycles. The summed E-state index contributed by atoms with van der Waals surface area (Å²) in [5, 5.41) is 7.12. The van der Waals surface area contributed by atoms with Gasteiger partial charge in [-0.2, -0.15) is 0 Å². The molecular weight excluding hydrogens is 100 g/mol. The van der Waals surface area contributed by atoms with Crippen molar-refractivity contribution < 1.29 is 0 Å².